The van der Waals surface area contributed by atoms with Crippen LogP contribution < -0.4 is 0 Å². The van der Waals surface area contributed by atoms with Crippen molar-refractivity contribution in [3.63, 3.8) is 0 Å². The number of hydrogen-bond donors (Lipinski definition) is 1. The molecule has 0 fully saturated rings. The Hall–Kier alpha value is -2.52. The van der Waals surface area contributed by atoms with Crippen LogP contribution in [0.3, 0.4) is 0 Å². The van der Waals surface area contributed by atoms with Crippen LogP contribution in [0.2, 0.25) is 5.02 Å². The maximum Gasteiger partial charge on any atom is 0.417 e. The van der Waals surface area contributed by atoms with E-state index in [9.17, 15) is 18.0 Å². The maximum absolute atomic E-state index is 12.8. The van der Waals surface area contributed by atoms with E-state index < -0.39 is 17.7 Å². The van der Waals surface area contributed by atoms with Crippen molar-refractivity contribution >= 4 is 29.3 Å². The third-order valence-electron chi connectivity index (χ3n) is 3.70. The van der Waals surface area contributed by atoms with E-state index in [1.165, 1.54) is 0 Å². The number of nitrogens with zero attached hydrogens (tertiary/aromatic N) is 3. The molecule has 1 N–H and O–H groups in total. The van der Waals surface area contributed by atoms with Gasteiger partial charge >= 0.3 is 12.1 Å². The number of carboxylic acid groups (broad SMARTS) is 1. The second-order valence-corrected chi connectivity index (χ2v) is 7.09. The van der Waals surface area contributed by atoms with Gasteiger partial charge in [0.2, 0.25) is 0 Å². The molecular weight excluding hydrogens is 415 g/mol. The van der Waals surface area contributed by atoms with Crippen molar-refractivity contribution in [3.8, 4) is 11.3 Å². The van der Waals surface area contributed by atoms with E-state index in [-0.39, 0.29) is 23.0 Å². The van der Waals surface area contributed by atoms with Crippen LogP contribution in [0.25, 0.3) is 11.3 Å². The molecule has 3 rings (SSSR count). The first kappa shape index (κ1) is 20.2. The van der Waals surface area contributed by atoms with Gasteiger partial charge in [-0.3, -0.25) is 4.79 Å². The van der Waals surface area contributed by atoms with Crippen molar-refractivity contribution in [2.24, 2.45) is 0 Å². The SMILES string of the molecule is O=C(O)CCn1cc(-c2ccccc2)nc1Sc1ncc(C(F)(F)F)cc1Cl. The van der Waals surface area contributed by atoms with E-state index in [2.05, 4.69) is 9.97 Å². The molecule has 0 aliphatic heterocycles. The van der Waals surface area contributed by atoms with Gasteiger partial charge in [0, 0.05) is 24.5 Å². The van der Waals surface area contributed by atoms with Crippen LogP contribution in [0.15, 0.2) is 59.0 Å². The number of hydrogen-bond acceptors (Lipinski definition) is 4. The number of aryl methyl sites for hydroxylation is 1. The first-order valence-corrected chi connectivity index (χ1v) is 9.18. The quantitative estimate of drug-likeness (QED) is 0.582. The van der Waals surface area contributed by atoms with Gasteiger partial charge in [-0.15, -0.1) is 0 Å². The van der Waals surface area contributed by atoms with Crippen molar-refractivity contribution in [1.29, 1.82) is 0 Å². The molecule has 10 heteroatoms. The Labute approximate surface area is 167 Å². The highest BCUT2D eigenvalue weighted by Crippen LogP contribution is 2.36. The smallest absolute Gasteiger partial charge is 0.417 e. The molecule has 0 saturated heterocycles. The Kier molecular flexibility index (Phi) is 5.95. The van der Waals surface area contributed by atoms with Gasteiger partial charge in [-0.05, 0) is 17.8 Å². The molecule has 0 unspecified atom stereocenters. The van der Waals surface area contributed by atoms with Gasteiger partial charge in [0.25, 0.3) is 0 Å². The minimum atomic E-state index is -4.54. The Morgan fingerprint density at radius 2 is 1.96 bits per heavy atom. The number of halogens is 4. The highest BCUT2D eigenvalue weighted by molar-refractivity contribution is 7.99. The van der Waals surface area contributed by atoms with Gasteiger partial charge in [-0.1, -0.05) is 41.9 Å². The molecule has 0 bridgehead atoms. The van der Waals surface area contributed by atoms with E-state index in [4.69, 9.17) is 16.7 Å². The molecule has 146 valence electrons. The van der Waals surface area contributed by atoms with E-state index >= 15 is 0 Å². The molecule has 0 aliphatic rings. The standard InChI is InChI=1S/C18H13ClF3N3O2S/c19-13-8-12(18(20,21)22)9-23-16(13)28-17-24-14(11-4-2-1-3-5-11)10-25(17)7-6-15(26)27/h1-5,8-10H,6-7H2,(H,26,27). The van der Waals surface area contributed by atoms with Crippen LogP contribution in [-0.2, 0) is 17.5 Å². The Morgan fingerprint density at radius 3 is 2.57 bits per heavy atom. The van der Waals surface area contributed by atoms with Gasteiger partial charge in [0.1, 0.15) is 5.03 Å². The molecule has 0 spiro atoms. The van der Waals surface area contributed by atoms with Gasteiger partial charge in [0.05, 0.1) is 22.7 Å². The summed E-state index contributed by atoms with van der Waals surface area (Å²) in [5.41, 5.74) is 0.488. The topological polar surface area (TPSA) is 68.0 Å². The van der Waals surface area contributed by atoms with Crippen LogP contribution >= 0.6 is 23.4 Å². The first-order chi connectivity index (χ1) is 13.2. The normalized spacial score (nSPS) is 11.6. The third-order valence-corrected chi connectivity index (χ3v) is 5.13. The van der Waals surface area contributed by atoms with Crippen LogP contribution in [-0.4, -0.2) is 25.6 Å². The van der Waals surface area contributed by atoms with Crippen LogP contribution in [0.1, 0.15) is 12.0 Å². The lowest BCUT2D eigenvalue weighted by molar-refractivity contribution is -0.138. The first-order valence-electron chi connectivity index (χ1n) is 7.99. The summed E-state index contributed by atoms with van der Waals surface area (Å²) in [4.78, 5) is 19.2. The van der Waals surface area contributed by atoms with E-state index in [0.29, 0.717) is 17.0 Å². The summed E-state index contributed by atoms with van der Waals surface area (Å²) in [5, 5.41) is 9.32. The summed E-state index contributed by atoms with van der Waals surface area (Å²) in [5.74, 6) is -0.975. The summed E-state index contributed by atoms with van der Waals surface area (Å²) in [7, 11) is 0. The molecule has 0 aliphatic carbocycles. The predicted octanol–water partition coefficient (Wildman–Crippen LogP) is 5.24. The van der Waals surface area contributed by atoms with Crippen LogP contribution in [0.4, 0.5) is 13.2 Å². The zero-order chi connectivity index (χ0) is 20.3. The Balaban J connectivity index is 1.93. The third kappa shape index (κ3) is 4.85. The van der Waals surface area contributed by atoms with E-state index in [1.54, 1.807) is 10.8 Å². The van der Waals surface area contributed by atoms with Crippen molar-refractivity contribution in [1.82, 2.24) is 14.5 Å². The minimum absolute atomic E-state index is 0.133. The Bertz CT molecular complexity index is 993. The predicted molar refractivity (Wildman–Crippen MR) is 98.3 cm³/mol. The number of imidazole rings is 1. The lowest BCUT2D eigenvalue weighted by Gasteiger charge is -2.09. The van der Waals surface area contributed by atoms with Gasteiger partial charge < -0.3 is 9.67 Å². The molecule has 2 heterocycles. The fourth-order valence-electron chi connectivity index (χ4n) is 2.35. The molecule has 0 atom stereocenters. The maximum atomic E-state index is 12.8. The summed E-state index contributed by atoms with van der Waals surface area (Å²) < 4.78 is 40.0. The average Bonchev–Trinajstić information content (AvgIpc) is 3.04. The molecule has 28 heavy (non-hydrogen) atoms. The minimum Gasteiger partial charge on any atom is -0.481 e. The van der Waals surface area contributed by atoms with Crippen molar-refractivity contribution in [3.05, 3.63) is 59.4 Å². The van der Waals surface area contributed by atoms with Gasteiger partial charge in [-0.25, -0.2) is 9.97 Å². The summed E-state index contributed by atoms with van der Waals surface area (Å²) >= 11 is 6.95. The molecule has 0 radical (unpaired) electrons. The van der Waals surface area contributed by atoms with Crippen molar-refractivity contribution < 1.29 is 23.1 Å². The van der Waals surface area contributed by atoms with Crippen LogP contribution in [0.5, 0.6) is 0 Å². The summed E-state index contributed by atoms with van der Waals surface area (Å²) in [6, 6.07) is 10.0. The lowest BCUT2D eigenvalue weighted by Crippen LogP contribution is -2.06. The van der Waals surface area contributed by atoms with Gasteiger partial charge in [-0.2, -0.15) is 13.2 Å². The number of pyridine rings is 1. The zero-order valence-corrected chi connectivity index (χ0v) is 15.7. The number of aromatic nitrogens is 3. The average molecular weight is 428 g/mol. The number of rotatable bonds is 6. The zero-order valence-electron chi connectivity index (χ0n) is 14.2. The monoisotopic (exact) mass is 427 g/mol. The second kappa shape index (κ2) is 8.24. The second-order valence-electron chi connectivity index (χ2n) is 5.72. The lowest BCUT2D eigenvalue weighted by atomic mass is 10.2. The Morgan fingerprint density at radius 1 is 1.25 bits per heavy atom. The van der Waals surface area contributed by atoms with E-state index in [1.807, 2.05) is 30.3 Å². The van der Waals surface area contributed by atoms with Crippen molar-refractivity contribution in [2.45, 2.75) is 29.3 Å². The summed E-state index contributed by atoms with van der Waals surface area (Å²) in [6.45, 7) is 0.149. The molecule has 3 aromatic rings. The summed E-state index contributed by atoms with van der Waals surface area (Å²) in [6.07, 6.45) is -2.28. The molecular formula is C18H13ClF3N3O2S. The highest BCUT2D eigenvalue weighted by Gasteiger charge is 2.31. The number of aliphatic carboxylic acids is 1. The van der Waals surface area contributed by atoms with Gasteiger partial charge in [0.15, 0.2) is 5.16 Å². The molecule has 0 amide bonds. The fraction of sp³-hybridized carbons (Fsp3) is 0.167. The number of carboxylic acids is 1. The number of alkyl halides is 3. The van der Waals surface area contributed by atoms with E-state index in [0.717, 1.165) is 23.4 Å². The molecule has 2 aromatic heterocycles. The molecule has 1 aromatic carbocycles. The fourth-order valence-corrected chi connectivity index (χ4v) is 3.47. The number of carbonyl (C=O) groups is 1. The number of benzene rings is 1. The van der Waals surface area contributed by atoms with Crippen LogP contribution in [0, 0.1) is 0 Å². The van der Waals surface area contributed by atoms with Crippen molar-refractivity contribution in [2.75, 3.05) is 0 Å². The molecule has 0 saturated carbocycles. The largest absolute Gasteiger partial charge is 0.481 e. The molecule has 5 nitrogen and oxygen atoms in total. The highest BCUT2D eigenvalue weighted by atomic mass is 35.5.